The van der Waals surface area contributed by atoms with Crippen LogP contribution in [-0.2, 0) is 4.79 Å². The van der Waals surface area contributed by atoms with Crippen LogP contribution in [0.15, 0.2) is 10.2 Å². The van der Waals surface area contributed by atoms with Crippen LogP contribution in [0.5, 0.6) is 0 Å². The summed E-state index contributed by atoms with van der Waals surface area (Å²) in [6.45, 7) is 0.861. The van der Waals surface area contributed by atoms with Gasteiger partial charge in [-0.25, -0.2) is 4.79 Å². The fourth-order valence-corrected chi connectivity index (χ4v) is 0.958. The number of carboxylic acids is 1. The lowest BCUT2D eigenvalue weighted by atomic mass is 10.1. The number of carboxylic acid groups (broad SMARTS) is 1. The first-order valence-electron chi connectivity index (χ1n) is 4.45. The topological polar surface area (TPSA) is 88.0 Å². The smallest absolute Gasteiger partial charge is 0.330 e. The highest BCUT2D eigenvalue weighted by Crippen LogP contribution is 2.05. The van der Waals surface area contributed by atoms with Crippen molar-refractivity contribution in [2.75, 3.05) is 13.1 Å². The maximum atomic E-state index is 10.7. The highest BCUT2D eigenvalue weighted by atomic mass is 32.1. The summed E-state index contributed by atoms with van der Waals surface area (Å²) in [5.41, 5.74) is 5.29. The molecule has 80 valence electrons. The van der Waals surface area contributed by atoms with Gasteiger partial charge in [0.05, 0.1) is 6.54 Å². The molecule has 0 unspecified atom stereocenters. The molecule has 1 atom stereocenters. The summed E-state index contributed by atoms with van der Waals surface area (Å²) in [5.74, 6) is -0.949. The van der Waals surface area contributed by atoms with E-state index < -0.39 is 12.0 Å². The van der Waals surface area contributed by atoms with Gasteiger partial charge in [0.15, 0.2) is 6.04 Å². The number of unbranched alkanes of at least 4 members (excludes halogenated alkanes) is 1. The van der Waals surface area contributed by atoms with Crippen LogP contribution in [0.1, 0.15) is 19.3 Å². The molecular formula is C8H15N3O2S. The van der Waals surface area contributed by atoms with E-state index in [9.17, 15) is 4.79 Å². The molecule has 0 aliphatic carbocycles. The SMILES string of the molecule is NCCCC[C@H](N=NCC=S)C(=O)O. The lowest BCUT2D eigenvalue weighted by Gasteiger charge is -2.04. The van der Waals surface area contributed by atoms with E-state index in [1.165, 1.54) is 5.37 Å². The molecule has 0 aromatic heterocycles. The van der Waals surface area contributed by atoms with Crippen molar-refractivity contribution in [2.24, 2.45) is 16.0 Å². The van der Waals surface area contributed by atoms with Crippen molar-refractivity contribution in [1.29, 1.82) is 0 Å². The van der Waals surface area contributed by atoms with E-state index in [0.717, 1.165) is 12.8 Å². The van der Waals surface area contributed by atoms with E-state index in [1.807, 2.05) is 0 Å². The van der Waals surface area contributed by atoms with Crippen molar-refractivity contribution in [2.45, 2.75) is 25.3 Å². The van der Waals surface area contributed by atoms with Gasteiger partial charge in [-0.1, -0.05) is 12.2 Å². The normalized spacial score (nSPS) is 12.9. The highest BCUT2D eigenvalue weighted by Gasteiger charge is 2.15. The van der Waals surface area contributed by atoms with Crippen LogP contribution in [0.25, 0.3) is 0 Å². The van der Waals surface area contributed by atoms with E-state index in [4.69, 9.17) is 10.8 Å². The quantitative estimate of drug-likeness (QED) is 0.361. The molecule has 0 rings (SSSR count). The van der Waals surface area contributed by atoms with Crippen LogP contribution in [0.2, 0.25) is 0 Å². The highest BCUT2D eigenvalue weighted by molar-refractivity contribution is 7.79. The number of aliphatic carboxylic acids is 1. The fourth-order valence-electron chi connectivity index (χ4n) is 0.892. The molecule has 0 aromatic rings. The van der Waals surface area contributed by atoms with Gasteiger partial charge in [0.1, 0.15) is 0 Å². The second kappa shape index (κ2) is 8.71. The Kier molecular flexibility index (Phi) is 8.16. The molecule has 0 aliphatic rings. The average Bonchev–Trinajstić information content (AvgIpc) is 2.15. The van der Waals surface area contributed by atoms with Gasteiger partial charge in [-0.15, -0.1) is 0 Å². The van der Waals surface area contributed by atoms with Crippen molar-refractivity contribution < 1.29 is 9.90 Å². The Labute approximate surface area is 88.4 Å². The van der Waals surface area contributed by atoms with E-state index in [2.05, 4.69) is 22.4 Å². The molecule has 0 fully saturated rings. The Morgan fingerprint density at radius 3 is 2.79 bits per heavy atom. The largest absolute Gasteiger partial charge is 0.480 e. The van der Waals surface area contributed by atoms with Crippen LogP contribution in [0.3, 0.4) is 0 Å². The summed E-state index contributed by atoms with van der Waals surface area (Å²) in [6.07, 6.45) is 2.05. The number of thiocarbonyl (C=S) groups is 1. The maximum absolute atomic E-state index is 10.7. The first-order chi connectivity index (χ1) is 6.72. The van der Waals surface area contributed by atoms with Gasteiger partial charge in [0.2, 0.25) is 0 Å². The number of azo groups is 1. The van der Waals surface area contributed by atoms with E-state index >= 15 is 0 Å². The monoisotopic (exact) mass is 217 g/mol. The molecule has 0 heterocycles. The molecular weight excluding hydrogens is 202 g/mol. The third-order valence-electron chi connectivity index (χ3n) is 1.59. The molecule has 0 saturated heterocycles. The zero-order valence-corrected chi connectivity index (χ0v) is 8.74. The van der Waals surface area contributed by atoms with Gasteiger partial charge >= 0.3 is 5.97 Å². The molecule has 0 spiro atoms. The summed E-state index contributed by atoms with van der Waals surface area (Å²) >= 11 is 4.53. The first-order valence-corrected chi connectivity index (χ1v) is 4.92. The van der Waals surface area contributed by atoms with Crippen LogP contribution in [0.4, 0.5) is 0 Å². The Hall–Kier alpha value is -0.880. The van der Waals surface area contributed by atoms with Gasteiger partial charge in [0.25, 0.3) is 0 Å². The zero-order chi connectivity index (χ0) is 10.8. The van der Waals surface area contributed by atoms with Gasteiger partial charge in [-0.2, -0.15) is 10.2 Å². The van der Waals surface area contributed by atoms with Gasteiger partial charge < -0.3 is 10.8 Å². The third-order valence-corrected chi connectivity index (χ3v) is 1.74. The molecule has 0 saturated carbocycles. The van der Waals surface area contributed by atoms with Crippen molar-refractivity contribution in [3.8, 4) is 0 Å². The van der Waals surface area contributed by atoms with E-state index in [1.54, 1.807) is 0 Å². The predicted molar refractivity (Wildman–Crippen MR) is 57.7 cm³/mol. The van der Waals surface area contributed by atoms with Crippen LogP contribution in [0, 0.1) is 0 Å². The number of hydrogen-bond donors (Lipinski definition) is 2. The fraction of sp³-hybridized carbons (Fsp3) is 0.750. The lowest BCUT2D eigenvalue weighted by molar-refractivity contribution is -0.138. The summed E-state index contributed by atoms with van der Waals surface area (Å²) in [6, 6.07) is -0.753. The molecule has 0 amide bonds. The van der Waals surface area contributed by atoms with Crippen molar-refractivity contribution in [1.82, 2.24) is 0 Å². The Morgan fingerprint density at radius 2 is 2.29 bits per heavy atom. The number of nitrogens with zero attached hydrogens (tertiary/aromatic N) is 2. The molecule has 14 heavy (non-hydrogen) atoms. The molecule has 0 radical (unpaired) electrons. The molecule has 6 heteroatoms. The lowest BCUT2D eigenvalue weighted by Crippen LogP contribution is -2.17. The third kappa shape index (κ3) is 6.62. The molecule has 3 N–H and O–H groups in total. The Balaban J connectivity index is 3.89. The van der Waals surface area contributed by atoms with Crippen LogP contribution in [-0.4, -0.2) is 35.6 Å². The maximum Gasteiger partial charge on any atom is 0.330 e. The van der Waals surface area contributed by atoms with Gasteiger partial charge in [-0.05, 0) is 25.8 Å². The van der Waals surface area contributed by atoms with Crippen LogP contribution < -0.4 is 5.73 Å². The summed E-state index contributed by atoms with van der Waals surface area (Å²) in [7, 11) is 0. The second-order valence-electron chi connectivity index (χ2n) is 2.74. The molecule has 0 bridgehead atoms. The number of carbonyl (C=O) groups is 1. The minimum absolute atomic E-state index is 0.288. The molecule has 5 nitrogen and oxygen atoms in total. The number of rotatable bonds is 8. The van der Waals surface area contributed by atoms with Crippen LogP contribution >= 0.6 is 12.2 Å². The van der Waals surface area contributed by atoms with Crippen molar-refractivity contribution in [3.63, 3.8) is 0 Å². The summed E-state index contributed by atoms with van der Waals surface area (Å²) < 4.78 is 0. The standard InChI is InChI=1S/C8H15N3O2S/c9-4-2-1-3-7(8(12)13)11-10-5-6-14/h6-7H,1-5,9H2,(H,12,13)/t7-/m0/s1. The zero-order valence-electron chi connectivity index (χ0n) is 7.93. The number of hydrogen-bond acceptors (Lipinski definition) is 5. The van der Waals surface area contributed by atoms with E-state index in [0.29, 0.717) is 13.0 Å². The predicted octanol–water partition coefficient (Wildman–Crippen LogP) is 1.02. The van der Waals surface area contributed by atoms with Crippen molar-refractivity contribution >= 4 is 23.6 Å². The minimum atomic E-state index is -0.949. The second-order valence-corrected chi connectivity index (χ2v) is 3.08. The van der Waals surface area contributed by atoms with Gasteiger partial charge in [0, 0.05) is 5.37 Å². The average molecular weight is 217 g/mol. The molecule has 0 aromatic carbocycles. The minimum Gasteiger partial charge on any atom is -0.480 e. The number of nitrogens with two attached hydrogens (primary N) is 1. The van der Waals surface area contributed by atoms with E-state index in [-0.39, 0.29) is 6.54 Å². The summed E-state index contributed by atoms with van der Waals surface area (Å²) in [5, 5.41) is 17.5. The Morgan fingerprint density at radius 1 is 1.57 bits per heavy atom. The first kappa shape index (κ1) is 13.1. The summed E-state index contributed by atoms with van der Waals surface area (Å²) in [4.78, 5) is 10.7. The Bertz CT molecular complexity index is 209. The van der Waals surface area contributed by atoms with Gasteiger partial charge in [-0.3, -0.25) is 0 Å². The molecule has 0 aliphatic heterocycles. The van der Waals surface area contributed by atoms with Crippen molar-refractivity contribution in [3.05, 3.63) is 0 Å².